The summed E-state index contributed by atoms with van der Waals surface area (Å²) < 4.78 is 11.6. The number of alkyl carbamates (subject to hydrolysis) is 1. The molecule has 9 nitrogen and oxygen atoms in total. The van der Waals surface area contributed by atoms with Gasteiger partial charge in [-0.1, -0.05) is 102 Å². The summed E-state index contributed by atoms with van der Waals surface area (Å²) in [6.07, 6.45) is 0.369. The van der Waals surface area contributed by atoms with Crippen LogP contribution in [0.15, 0.2) is 97.1 Å². The lowest BCUT2D eigenvalue weighted by Crippen LogP contribution is -2.52. The number of anilines is 1. The Morgan fingerprint density at radius 1 is 1.00 bits per heavy atom. The standard InChI is InChI=1S/C37H38ClN5O4S2/c1-22-32(33(48)36-41-28-19-20-29(38)42-35(28)49-36)47-26(21-39-22)18-17-23-11-9-10-16-27(23)40-34(44)31(43-37(45)46-2)30(24-12-5-3-6-13-24)25-14-7-4-8-15-25/h3-16,19-20,22,26,30-33,39,48H,17-18,21H2,1-2H3,(H,40,44)(H,43,45)/t22-,26-,31+,32+,33?/m1/s1. The van der Waals surface area contributed by atoms with E-state index in [-0.39, 0.29) is 29.4 Å². The number of benzene rings is 3. The maximum absolute atomic E-state index is 14.1. The van der Waals surface area contributed by atoms with Gasteiger partial charge in [0, 0.05) is 24.2 Å². The largest absolute Gasteiger partial charge is 0.453 e. The van der Waals surface area contributed by atoms with Crippen molar-refractivity contribution < 1.29 is 19.1 Å². The van der Waals surface area contributed by atoms with E-state index in [0.29, 0.717) is 30.2 Å². The zero-order valence-corrected chi connectivity index (χ0v) is 29.6. The molecule has 1 saturated heterocycles. The number of thiazole rings is 1. The minimum absolute atomic E-state index is 0.0651. The van der Waals surface area contributed by atoms with Crippen LogP contribution in [-0.2, 0) is 20.7 Å². The normalized spacial score (nSPS) is 18.9. The van der Waals surface area contributed by atoms with Gasteiger partial charge in [0.1, 0.15) is 26.5 Å². The molecule has 1 unspecified atom stereocenters. The fourth-order valence-corrected chi connectivity index (χ4v) is 7.89. The van der Waals surface area contributed by atoms with Crippen LogP contribution >= 0.6 is 35.6 Å². The van der Waals surface area contributed by atoms with Gasteiger partial charge >= 0.3 is 6.09 Å². The first kappa shape index (κ1) is 34.8. The maximum atomic E-state index is 14.1. The van der Waals surface area contributed by atoms with Crippen molar-refractivity contribution in [2.75, 3.05) is 19.0 Å². The van der Waals surface area contributed by atoms with Crippen LogP contribution in [0.2, 0.25) is 5.15 Å². The van der Waals surface area contributed by atoms with Crippen LogP contribution in [0.4, 0.5) is 10.5 Å². The second kappa shape index (κ2) is 16.1. The third-order valence-corrected chi connectivity index (χ3v) is 10.7. The van der Waals surface area contributed by atoms with E-state index < -0.39 is 18.1 Å². The first-order valence-corrected chi connectivity index (χ1v) is 17.8. The number of aryl methyl sites for hydroxylation is 1. The highest BCUT2D eigenvalue weighted by atomic mass is 35.5. The molecule has 3 N–H and O–H groups in total. The van der Waals surface area contributed by atoms with Crippen molar-refractivity contribution >= 4 is 63.6 Å². The molecule has 1 aliphatic rings. The topological polar surface area (TPSA) is 114 Å². The highest BCUT2D eigenvalue weighted by Gasteiger charge is 2.36. The molecule has 1 aliphatic heterocycles. The average molecular weight is 716 g/mol. The molecular weight excluding hydrogens is 678 g/mol. The second-order valence-electron chi connectivity index (χ2n) is 12.0. The van der Waals surface area contributed by atoms with Crippen molar-refractivity contribution in [3.05, 3.63) is 124 Å². The Labute approximate surface area is 300 Å². The highest BCUT2D eigenvalue weighted by Crippen LogP contribution is 2.36. The molecule has 5 aromatic rings. The molecule has 0 radical (unpaired) electrons. The SMILES string of the molecule is COC(=O)N[C@H](C(=O)Nc1ccccc1CC[C@@H]1CN[C@H](C)[C@@H](C(S)c2nc3ccc(Cl)nc3s2)O1)C(c1ccccc1)c1ccccc1. The molecule has 3 heterocycles. The average Bonchev–Trinajstić information content (AvgIpc) is 3.55. The minimum Gasteiger partial charge on any atom is -0.453 e. The van der Waals surface area contributed by atoms with Crippen LogP contribution in [-0.4, -0.2) is 59.9 Å². The van der Waals surface area contributed by atoms with Gasteiger partial charge in [-0.25, -0.2) is 14.8 Å². The molecule has 12 heteroatoms. The van der Waals surface area contributed by atoms with E-state index in [9.17, 15) is 9.59 Å². The zero-order valence-electron chi connectivity index (χ0n) is 27.1. The summed E-state index contributed by atoms with van der Waals surface area (Å²) >= 11 is 12.5. The predicted octanol–water partition coefficient (Wildman–Crippen LogP) is 7.19. The van der Waals surface area contributed by atoms with Gasteiger partial charge in [0.25, 0.3) is 0 Å². The number of ether oxygens (including phenoxy) is 2. The smallest absolute Gasteiger partial charge is 0.407 e. The Kier molecular flexibility index (Phi) is 11.5. The second-order valence-corrected chi connectivity index (χ2v) is 13.9. The first-order valence-electron chi connectivity index (χ1n) is 16.1. The van der Waals surface area contributed by atoms with Crippen LogP contribution in [0.3, 0.4) is 0 Å². The number of methoxy groups -OCH3 is 1. The summed E-state index contributed by atoms with van der Waals surface area (Å²) in [6, 6.07) is 29.8. The summed E-state index contributed by atoms with van der Waals surface area (Å²) in [5.41, 5.74) is 4.19. The van der Waals surface area contributed by atoms with Crippen LogP contribution in [0.5, 0.6) is 0 Å². The molecule has 2 amide bonds. The number of para-hydroxylation sites is 1. The number of thiol groups is 1. The molecule has 254 valence electrons. The Morgan fingerprint density at radius 2 is 1.67 bits per heavy atom. The number of halogens is 1. The van der Waals surface area contributed by atoms with Crippen molar-refractivity contribution in [3.8, 4) is 0 Å². The monoisotopic (exact) mass is 715 g/mol. The molecule has 5 atom stereocenters. The fraction of sp³-hybridized carbons (Fsp3) is 0.297. The molecule has 0 bridgehead atoms. The molecule has 6 rings (SSSR count). The van der Waals surface area contributed by atoms with E-state index in [1.54, 1.807) is 6.07 Å². The lowest BCUT2D eigenvalue weighted by molar-refractivity contribution is -0.118. The maximum Gasteiger partial charge on any atom is 0.407 e. The Morgan fingerprint density at radius 3 is 2.37 bits per heavy atom. The zero-order chi connectivity index (χ0) is 34.3. The number of aromatic nitrogens is 2. The fourth-order valence-electron chi connectivity index (χ4n) is 6.19. The van der Waals surface area contributed by atoms with E-state index in [1.807, 2.05) is 91.0 Å². The molecule has 0 saturated carbocycles. The molecule has 3 aromatic carbocycles. The summed E-state index contributed by atoms with van der Waals surface area (Å²) in [7, 11) is 1.29. The Balaban J connectivity index is 1.17. The summed E-state index contributed by atoms with van der Waals surface area (Å²) in [5.74, 6) is -0.823. The minimum atomic E-state index is -0.959. The van der Waals surface area contributed by atoms with E-state index in [1.165, 1.54) is 18.4 Å². The molecule has 0 aliphatic carbocycles. The van der Waals surface area contributed by atoms with Gasteiger partial charge in [0.2, 0.25) is 5.91 Å². The molecule has 49 heavy (non-hydrogen) atoms. The quantitative estimate of drug-likeness (QED) is 0.0846. The number of nitrogens with one attached hydrogen (secondary N) is 3. The number of rotatable bonds is 11. The number of pyridine rings is 1. The number of fused-ring (bicyclic) bond motifs is 1. The van der Waals surface area contributed by atoms with E-state index in [0.717, 1.165) is 32.0 Å². The van der Waals surface area contributed by atoms with Crippen LogP contribution < -0.4 is 16.0 Å². The van der Waals surface area contributed by atoms with Gasteiger partial charge in [-0.05, 0) is 54.7 Å². The van der Waals surface area contributed by atoms with Gasteiger partial charge in [-0.15, -0.1) is 0 Å². The number of amides is 2. The molecule has 1 fully saturated rings. The van der Waals surface area contributed by atoms with Crippen LogP contribution in [0.1, 0.15) is 46.2 Å². The summed E-state index contributed by atoms with van der Waals surface area (Å²) in [5, 5.41) is 10.5. The number of carbonyl (C=O) groups is 2. The highest BCUT2D eigenvalue weighted by molar-refractivity contribution is 7.80. The Bertz CT molecular complexity index is 1840. The molecule has 0 spiro atoms. The Hall–Kier alpha value is -4.00. The number of hydrogen-bond acceptors (Lipinski definition) is 9. The van der Waals surface area contributed by atoms with Gasteiger partial charge in [-0.2, -0.15) is 12.6 Å². The van der Waals surface area contributed by atoms with Crippen LogP contribution in [0.25, 0.3) is 10.3 Å². The van der Waals surface area contributed by atoms with Crippen LogP contribution in [0, 0.1) is 0 Å². The third kappa shape index (κ3) is 8.42. The van der Waals surface area contributed by atoms with Gasteiger partial charge in [0.15, 0.2) is 0 Å². The third-order valence-electron chi connectivity index (χ3n) is 8.71. The van der Waals surface area contributed by atoms with E-state index in [4.69, 9.17) is 38.7 Å². The lowest BCUT2D eigenvalue weighted by Gasteiger charge is -2.38. The van der Waals surface area contributed by atoms with Crippen molar-refractivity contribution in [2.45, 2.75) is 55.2 Å². The molecular formula is C37H38ClN5O4S2. The van der Waals surface area contributed by atoms with Gasteiger partial charge in [-0.3, -0.25) is 4.79 Å². The number of morpholine rings is 1. The number of nitrogens with zero attached hydrogens (tertiary/aromatic N) is 2. The predicted molar refractivity (Wildman–Crippen MR) is 198 cm³/mol. The molecule has 2 aromatic heterocycles. The summed E-state index contributed by atoms with van der Waals surface area (Å²) in [6.45, 7) is 2.78. The van der Waals surface area contributed by atoms with Crippen molar-refractivity contribution in [3.63, 3.8) is 0 Å². The lowest BCUT2D eigenvalue weighted by atomic mass is 9.84. The van der Waals surface area contributed by atoms with Gasteiger partial charge < -0.3 is 25.4 Å². The van der Waals surface area contributed by atoms with Gasteiger partial charge in [0.05, 0.1) is 24.6 Å². The van der Waals surface area contributed by atoms with Crippen molar-refractivity contribution in [2.24, 2.45) is 0 Å². The van der Waals surface area contributed by atoms with E-state index >= 15 is 0 Å². The number of hydrogen-bond donors (Lipinski definition) is 4. The first-order chi connectivity index (χ1) is 23.8. The van der Waals surface area contributed by atoms with E-state index in [2.05, 4.69) is 27.9 Å². The summed E-state index contributed by atoms with van der Waals surface area (Å²) in [4.78, 5) is 36.6. The number of carbonyl (C=O) groups excluding carboxylic acids is 2. The van der Waals surface area contributed by atoms with Crippen molar-refractivity contribution in [1.29, 1.82) is 0 Å². The van der Waals surface area contributed by atoms with Crippen molar-refractivity contribution in [1.82, 2.24) is 20.6 Å².